The van der Waals surface area contributed by atoms with Gasteiger partial charge in [0.1, 0.15) is 0 Å². The Hall–Kier alpha value is -2.03. The topological polar surface area (TPSA) is 37.0 Å². The van der Waals surface area contributed by atoms with Gasteiger partial charge in [-0.2, -0.15) is 0 Å². The van der Waals surface area contributed by atoms with Gasteiger partial charge in [-0.1, -0.05) is 31.2 Å². The molecule has 0 fully saturated rings. The van der Waals surface area contributed by atoms with Crippen LogP contribution in [0.15, 0.2) is 42.7 Å². The second kappa shape index (κ2) is 7.53. The van der Waals surface area contributed by atoms with Gasteiger partial charge in [0, 0.05) is 13.1 Å². The predicted octanol–water partition coefficient (Wildman–Crippen LogP) is 3.87. The van der Waals surface area contributed by atoms with Crippen LogP contribution in [0.5, 0.6) is 0 Å². The van der Waals surface area contributed by atoms with Crippen molar-refractivity contribution in [2.24, 2.45) is 0 Å². The summed E-state index contributed by atoms with van der Waals surface area (Å²) < 4.78 is 0. The fraction of sp³-hybridized carbons (Fsp3) is 0.353. The summed E-state index contributed by atoms with van der Waals surface area (Å²) >= 11 is 0. The Morgan fingerprint density at radius 2 is 1.70 bits per heavy atom. The molecule has 20 heavy (non-hydrogen) atoms. The molecule has 2 rings (SSSR count). The monoisotopic (exact) mass is 269 g/mol. The molecule has 0 radical (unpaired) electrons. The van der Waals surface area contributed by atoms with E-state index in [1.165, 1.54) is 11.1 Å². The molecule has 1 aromatic heterocycles. The summed E-state index contributed by atoms with van der Waals surface area (Å²) in [5.74, 6) is 0. The van der Waals surface area contributed by atoms with E-state index in [0.717, 1.165) is 37.3 Å². The first-order valence-corrected chi connectivity index (χ1v) is 7.27. The zero-order chi connectivity index (χ0) is 14.2. The van der Waals surface area contributed by atoms with Crippen molar-refractivity contribution in [1.29, 1.82) is 0 Å². The van der Waals surface area contributed by atoms with Crippen molar-refractivity contribution in [1.82, 2.24) is 4.98 Å². The molecule has 1 heterocycles. The van der Waals surface area contributed by atoms with E-state index in [0.29, 0.717) is 0 Å². The molecule has 0 saturated carbocycles. The van der Waals surface area contributed by atoms with Gasteiger partial charge >= 0.3 is 0 Å². The number of aryl methyl sites for hydroxylation is 1. The number of aromatic nitrogens is 1. The molecule has 106 valence electrons. The smallest absolute Gasteiger partial charge is 0.0547 e. The van der Waals surface area contributed by atoms with Crippen LogP contribution in [-0.4, -0.2) is 18.1 Å². The van der Waals surface area contributed by atoms with Gasteiger partial charge in [0.15, 0.2) is 0 Å². The van der Waals surface area contributed by atoms with Crippen molar-refractivity contribution < 1.29 is 0 Å². The van der Waals surface area contributed by atoms with E-state index in [4.69, 9.17) is 0 Å². The zero-order valence-electron chi connectivity index (χ0n) is 12.3. The molecule has 2 aromatic rings. The molecule has 0 aliphatic heterocycles. The van der Waals surface area contributed by atoms with E-state index >= 15 is 0 Å². The van der Waals surface area contributed by atoms with Gasteiger partial charge in [-0.3, -0.25) is 4.98 Å². The predicted molar refractivity (Wildman–Crippen MR) is 86.4 cm³/mol. The number of nitrogens with one attached hydrogen (secondary N) is 2. The molecule has 0 saturated heterocycles. The van der Waals surface area contributed by atoms with E-state index in [1.807, 2.05) is 12.4 Å². The molecule has 0 bridgehead atoms. The number of benzene rings is 1. The van der Waals surface area contributed by atoms with Crippen LogP contribution in [0.3, 0.4) is 0 Å². The van der Waals surface area contributed by atoms with Gasteiger partial charge in [-0.15, -0.1) is 0 Å². The molecule has 0 aliphatic carbocycles. The van der Waals surface area contributed by atoms with Gasteiger partial charge in [0.05, 0.1) is 23.8 Å². The number of hydrogen-bond acceptors (Lipinski definition) is 3. The zero-order valence-corrected chi connectivity index (χ0v) is 12.3. The number of rotatable bonds is 7. The van der Waals surface area contributed by atoms with Gasteiger partial charge in [0.2, 0.25) is 0 Å². The Morgan fingerprint density at radius 3 is 2.40 bits per heavy atom. The summed E-state index contributed by atoms with van der Waals surface area (Å²) in [5, 5.41) is 6.78. The molecule has 0 amide bonds. The molecule has 1 aromatic carbocycles. The Morgan fingerprint density at radius 1 is 1.00 bits per heavy atom. The quantitative estimate of drug-likeness (QED) is 0.801. The van der Waals surface area contributed by atoms with Gasteiger partial charge in [-0.05, 0) is 37.0 Å². The highest BCUT2D eigenvalue weighted by Gasteiger charge is 1.99. The largest absolute Gasteiger partial charge is 0.384 e. The molecule has 0 aliphatic rings. The average Bonchev–Trinajstić information content (AvgIpc) is 2.48. The third kappa shape index (κ3) is 4.26. The van der Waals surface area contributed by atoms with Crippen LogP contribution in [-0.2, 0) is 6.42 Å². The number of anilines is 2. The first-order valence-electron chi connectivity index (χ1n) is 7.27. The van der Waals surface area contributed by atoms with Crippen molar-refractivity contribution in [3.8, 4) is 0 Å². The lowest BCUT2D eigenvalue weighted by Gasteiger charge is -2.10. The van der Waals surface area contributed by atoms with Crippen molar-refractivity contribution in [3.63, 3.8) is 0 Å². The summed E-state index contributed by atoms with van der Waals surface area (Å²) in [4.78, 5) is 4.26. The SMILES string of the molecule is CCCNc1cncc(NCCc2ccccc2C)c1. The molecule has 2 N–H and O–H groups in total. The average molecular weight is 269 g/mol. The van der Waals surface area contributed by atoms with Crippen molar-refractivity contribution in [2.75, 3.05) is 23.7 Å². The van der Waals surface area contributed by atoms with Crippen LogP contribution >= 0.6 is 0 Å². The van der Waals surface area contributed by atoms with E-state index in [1.54, 1.807) is 0 Å². The van der Waals surface area contributed by atoms with Gasteiger partial charge < -0.3 is 10.6 Å². The number of hydrogen-bond donors (Lipinski definition) is 2. The molecule has 0 spiro atoms. The standard InChI is InChI=1S/C17H23N3/c1-3-9-19-16-11-17(13-18-12-16)20-10-8-15-7-5-4-6-14(15)2/h4-7,11-13,19-20H,3,8-10H2,1-2H3. The minimum atomic E-state index is 0.920. The highest BCUT2D eigenvalue weighted by Crippen LogP contribution is 2.13. The van der Waals surface area contributed by atoms with Crippen molar-refractivity contribution in [3.05, 3.63) is 53.9 Å². The summed E-state index contributed by atoms with van der Waals surface area (Å²) in [5.41, 5.74) is 4.89. The summed E-state index contributed by atoms with van der Waals surface area (Å²) in [6.07, 6.45) is 5.88. The van der Waals surface area contributed by atoms with Gasteiger partial charge in [0.25, 0.3) is 0 Å². The van der Waals surface area contributed by atoms with Gasteiger partial charge in [-0.25, -0.2) is 0 Å². The van der Waals surface area contributed by atoms with E-state index < -0.39 is 0 Å². The Labute approximate surface area is 121 Å². The minimum absolute atomic E-state index is 0.920. The lowest BCUT2D eigenvalue weighted by atomic mass is 10.1. The maximum Gasteiger partial charge on any atom is 0.0547 e. The summed E-state index contributed by atoms with van der Waals surface area (Å²) in [6, 6.07) is 10.6. The van der Waals surface area contributed by atoms with Crippen LogP contribution in [0.1, 0.15) is 24.5 Å². The lowest BCUT2D eigenvalue weighted by Crippen LogP contribution is -2.07. The molecule has 0 atom stereocenters. The molecular weight excluding hydrogens is 246 g/mol. The molecule has 0 unspecified atom stereocenters. The highest BCUT2D eigenvalue weighted by atomic mass is 14.9. The summed E-state index contributed by atoms with van der Waals surface area (Å²) in [7, 11) is 0. The Balaban J connectivity index is 1.86. The number of pyridine rings is 1. The fourth-order valence-corrected chi connectivity index (χ4v) is 2.13. The third-order valence-electron chi connectivity index (χ3n) is 3.30. The Bertz CT molecular complexity index is 537. The fourth-order valence-electron chi connectivity index (χ4n) is 2.13. The van der Waals surface area contributed by atoms with E-state index in [2.05, 4.69) is 59.8 Å². The second-order valence-electron chi connectivity index (χ2n) is 4.99. The van der Waals surface area contributed by atoms with Crippen molar-refractivity contribution in [2.45, 2.75) is 26.7 Å². The van der Waals surface area contributed by atoms with E-state index in [-0.39, 0.29) is 0 Å². The van der Waals surface area contributed by atoms with Crippen LogP contribution in [0, 0.1) is 6.92 Å². The van der Waals surface area contributed by atoms with Crippen molar-refractivity contribution >= 4 is 11.4 Å². The maximum atomic E-state index is 4.26. The highest BCUT2D eigenvalue weighted by molar-refractivity contribution is 5.54. The van der Waals surface area contributed by atoms with E-state index in [9.17, 15) is 0 Å². The van der Waals surface area contributed by atoms with Crippen LogP contribution in [0.4, 0.5) is 11.4 Å². The molecule has 3 heteroatoms. The first kappa shape index (κ1) is 14.4. The maximum absolute atomic E-state index is 4.26. The van der Waals surface area contributed by atoms with Crippen LogP contribution in [0.25, 0.3) is 0 Å². The third-order valence-corrected chi connectivity index (χ3v) is 3.30. The second-order valence-corrected chi connectivity index (χ2v) is 4.99. The Kier molecular flexibility index (Phi) is 5.42. The molecular formula is C17H23N3. The van der Waals surface area contributed by atoms with Crippen LogP contribution < -0.4 is 10.6 Å². The normalized spacial score (nSPS) is 10.3. The first-order chi connectivity index (χ1) is 9.79. The van der Waals surface area contributed by atoms with Crippen LogP contribution in [0.2, 0.25) is 0 Å². The molecule has 3 nitrogen and oxygen atoms in total. The summed E-state index contributed by atoms with van der Waals surface area (Å²) in [6.45, 7) is 6.22. The number of nitrogens with zero attached hydrogens (tertiary/aromatic N) is 1. The lowest BCUT2D eigenvalue weighted by molar-refractivity contribution is 0.975. The minimum Gasteiger partial charge on any atom is -0.384 e.